The highest BCUT2D eigenvalue weighted by atomic mass is 15.2. The third kappa shape index (κ3) is 6.89. The number of nitrogens with zero attached hydrogens (tertiary/aromatic N) is 4. The highest BCUT2D eigenvalue weighted by Crippen LogP contribution is 2.23. The maximum absolute atomic E-state index is 4.42. The molecule has 6 heteroatoms. The molecule has 0 radical (unpaired) electrons. The molecular formula is C23H40N6. The van der Waals surface area contributed by atoms with Gasteiger partial charge in [-0.25, -0.2) is 0 Å². The lowest BCUT2D eigenvalue weighted by molar-refractivity contribution is 0.152. The van der Waals surface area contributed by atoms with Crippen LogP contribution in [0.25, 0.3) is 0 Å². The van der Waals surface area contributed by atoms with Gasteiger partial charge in [-0.3, -0.25) is 4.99 Å². The molecular weight excluding hydrogens is 360 g/mol. The van der Waals surface area contributed by atoms with Crippen molar-refractivity contribution >= 4 is 11.6 Å². The van der Waals surface area contributed by atoms with Crippen LogP contribution in [0, 0.1) is 0 Å². The molecule has 2 aliphatic rings. The third-order valence-electron chi connectivity index (χ3n) is 6.21. The van der Waals surface area contributed by atoms with Crippen LogP contribution < -0.4 is 15.5 Å². The summed E-state index contributed by atoms with van der Waals surface area (Å²) in [5.74, 6) is 0.892. The van der Waals surface area contributed by atoms with Crippen LogP contribution in [-0.2, 0) is 0 Å². The van der Waals surface area contributed by atoms with E-state index in [1.54, 1.807) is 0 Å². The molecule has 2 fully saturated rings. The van der Waals surface area contributed by atoms with Gasteiger partial charge in [0.25, 0.3) is 0 Å². The van der Waals surface area contributed by atoms with Gasteiger partial charge < -0.3 is 25.3 Å². The lowest BCUT2D eigenvalue weighted by Gasteiger charge is -2.32. The zero-order valence-electron chi connectivity index (χ0n) is 18.7. The lowest BCUT2D eigenvalue weighted by Crippen LogP contribution is -2.44. The molecule has 2 saturated heterocycles. The number of nitrogens with one attached hydrogen (secondary N) is 2. The molecule has 2 N–H and O–H groups in total. The number of likely N-dealkylation sites (N-methyl/N-ethyl adjacent to an activating group) is 1. The molecule has 2 heterocycles. The Morgan fingerprint density at radius 2 is 1.83 bits per heavy atom. The molecule has 1 aromatic rings. The van der Waals surface area contributed by atoms with Crippen LogP contribution in [0.5, 0.6) is 0 Å². The molecule has 1 unspecified atom stereocenters. The monoisotopic (exact) mass is 400 g/mol. The van der Waals surface area contributed by atoms with E-state index in [2.05, 4.69) is 68.6 Å². The van der Waals surface area contributed by atoms with Crippen molar-refractivity contribution in [1.82, 2.24) is 20.4 Å². The standard InChI is InChI=1S/C23H40N6/c1-20(21-9-8-10-22(19-21)29-13-6-7-14-29)26-23(24-2)25-11-4-5-12-28-17-15-27(3)16-18-28/h8-10,19-20H,4-7,11-18H2,1-3H3,(H2,24,25,26). The molecule has 0 amide bonds. The fourth-order valence-corrected chi connectivity index (χ4v) is 4.19. The summed E-state index contributed by atoms with van der Waals surface area (Å²) in [6.45, 7) is 11.6. The van der Waals surface area contributed by atoms with Crippen molar-refractivity contribution in [2.24, 2.45) is 4.99 Å². The second-order valence-corrected chi connectivity index (χ2v) is 8.51. The summed E-state index contributed by atoms with van der Waals surface area (Å²) in [6, 6.07) is 9.17. The van der Waals surface area contributed by atoms with Gasteiger partial charge in [0.15, 0.2) is 5.96 Å². The third-order valence-corrected chi connectivity index (χ3v) is 6.21. The zero-order valence-corrected chi connectivity index (χ0v) is 18.7. The molecule has 2 aliphatic heterocycles. The van der Waals surface area contributed by atoms with Crippen LogP contribution in [0.1, 0.15) is 44.2 Å². The van der Waals surface area contributed by atoms with Gasteiger partial charge in [-0.15, -0.1) is 0 Å². The summed E-state index contributed by atoms with van der Waals surface area (Å²) >= 11 is 0. The first-order valence-electron chi connectivity index (χ1n) is 11.4. The molecule has 3 rings (SSSR count). The van der Waals surface area contributed by atoms with Gasteiger partial charge in [0.1, 0.15) is 0 Å². The predicted octanol–water partition coefficient (Wildman–Crippen LogP) is 2.54. The fourth-order valence-electron chi connectivity index (χ4n) is 4.19. The minimum Gasteiger partial charge on any atom is -0.372 e. The van der Waals surface area contributed by atoms with E-state index in [0.29, 0.717) is 0 Å². The first-order chi connectivity index (χ1) is 14.2. The highest BCUT2D eigenvalue weighted by molar-refractivity contribution is 5.80. The number of guanidine groups is 1. The minimum absolute atomic E-state index is 0.231. The molecule has 0 aromatic heterocycles. The second kappa shape index (κ2) is 11.4. The van der Waals surface area contributed by atoms with E-state index in [9.17, 15) is 0 Å². The van der Waals surface area contributed by atoms with Crippen LogP contribution in [0.15, 0.2) is 29.3 Å². The number of rotatable bonds is 8. The Hall–Kier alpha value is -1.79. The molecule has 6 nitrogen and oxygen atoms in total. The van der Waals surface area contributed by atoms with Crippen molar-refractivity contribution in [3.8, 4) is 0 Å². The van der Waals surface area contributed by atoms with Crippen LogP contribution in [0.3, 0.4) is 0 Å². The largest absolute Gasteiger partial charge is 0.372 e. The quantitative estimate of drug-likeness (QED) is 0.399. The van der Waals surface area contributed by atoms with E-state index < -0.39 is 0 Å². The van der Waals surface area contributed by atoms with Gasteiger partial charge in [-0.1, -0.05) is 12.1 Å². The van der Waals surface area contributed by atoms with Gasteiger partial charge in [-0.2, -0.15) is 0 Å². The number of hydrogen-bond donors (Lipinski definition) is 2. The summed E-state index contributed by atoms with van der Waals surface area (Å²) in [5.41, 5.74) is 2.66. The maximum atomic E-state index is 4.42. The topological polar surface area (TPSA) is 46.1 Å². The Kier molecular flexibility index (Phi) is 8.62. The van der Waals surface area contributed by atoms with Gasteiger partial charge in [-0.05, 0) is 63.9 Å². The smallest absolute Gasteiger partial charge is 0.191 e. The number of piperazine rings is 1. The molecule has 1 aromatic carbocycles. The number of hydrogen-bond acceptors (Lipinski definition) is 4. The molecule has 0 spiro atoms. The summed E-state index contributed by atoms with van der Waals surface area (Å²) in [4.78, 5) is 11.9. The normalized spacial score (nSPS) is 20.1. The zero-order chi connectivity index (χ0) is 20.5. The van der Waals surface area contributed by atoms with Crippen molar-refractivity contribution in [3.63, 3.8) is 0 Å². The van der Waals surface area contributed by atoms with Gasteiger partial charge in [0.2, 0.25) is 0 Å². The molecule has 29 heavy (non-hydrogen) atoms. The molecule has 1 atom stereocenters. The Balaban J connectivity index is 1.37. The second-order valence-electron chi connectivity index (χ2n) is 8.51. The van der Waals surface area contributed by atoms with Crippen LogP contribution in [0.2, 0.25) is 0 Å². The van der Waals surface area contributed by atoms with E-state index in [0.717, 1.165) is 12.5 Å². The highest BCUT2D eigenvalue weighted by Gasteiger charge is 2.15. The van der Waals surface area contributed by atoms with Gasteiger partial charge in [0.05, 0.1) is 6.04 Å². The van der Waals surface area contributed by atoms with Crippen LogP contribution in [0.4, 0.5) is 5.69 Å². The van der Waals surface area contributed by atoms with Crippen molar-refractivity contribution in [2.75, 3.05) is 71.4 Å². The number of anilines is 1. The van der Waals surface area contributed by atoms with Crippen molar-refractivity contribution in [3.05, 3.63) is 29.8 Å². The Bertz CT molecular complexity index is 632. The fraction of sp³-hybridized carbons (Fsp3) is 0.696. The van der Waals surface area contributed by atoms with E-state index >= 15 is 0 Å². The van der Waals surface area contributed by atoms with E-state index in [1.807, 2.05) is 7.05 Å². The number of aliphatic imine (C=N–C) groups is 1. The lowest BCUT2D eigenvalue weighted by atomic mass is 10.1. The first kappa shape index (κ1) is 21.9. The molecule has 0 aliphatic carbocycles. The minimum atomic E-state index is 0.231. The summed E-state index contributed by atoms with van der Waals surface area (Å²) in [7, 11) is 4.07. The van der Waals surface area contributed by atoms with Crippen molar-refractivity contribution in [1.29, 1.82) is 0 Å². The predicted molar refractivity (Wildman–Crippen MR) is 124 cm³/mol. The summed E-state index contributed by atoms with van der Waals surface area (Å²) in [5, 5.41) is 7.04. The Morgan fingerprint density at radius 1 is 1.07 bits per heavy atom. The first-order valence-corrected chi connectivity index (χ1v) is 11.4. The van der Waals surface area contributed by atoms with Gasteiger partial charge in [0, 0.05) is 58.5 Å². The number of benzene rings is 1. The average molecular weight is 401 g/mol. The van der Waals surface area contributed by atoms with E-state index in [4.69, 9.17) is 0 Å². The molecule has 0 bridgehead atoms. The summed E-state index contributed by atoms with van der Waals surface area (Å²) in [6.07, 6.45) is 5.03. The van der Waals surface area contributed by atoms with Crippen LogP contribution >= 0.6 is 0 Å². The SMILES string of the molecule is CN=C(NCCCCN1CCN(C)CC1)NC(C)c1cccc(N2CCCC2)c1. The Labute approximate surface area is 177 Å². The van der Waals surface area contributed by atoms with Crippen molar-refractivity contribution < 1.29 is 0 Å². The molecule has 162 valence electrons. The number of unbranched alkanes of at least 4 members (excludes halogenated alkanes) is 1. The van der Waals surface area contributed by atoms with E-state index in [-0.39, 0.29) is 6.04 Å². The van der Waals surface area contributed by atoms with Crippen LogP contribution in [-0.4, -0.2) is 82.2 Å². The summed E-state index contributed by atoms with van der Waals surface area (Å²) < 4.78 is 0. The molecule has 0 saturated carbocycles. The average Bonchev–Trinajstić information content (AvgIpc) is 3.29. The van der Waals surface area contributed by atoms with Gasteiger partial charge >= 0.3 is 0 Å². The van der Waals surface area contributed by atoms with Crippen molar-refractivity contribution in [2.45, 2.75) is 38.6 Å². The van der Waals surface area contributed by atoms with E-state index in [1.165, 1.54) is 82.7 Å². The Morgan fingerprint density at radius 3 is 2.55 bits per heavy atom. The maximum Gasteiger partial charge on any atom is 0.191 e.